The first-order valence-electron chi connectivity index (χ1n) is 9.29. The molecule has 0 atom stereocenters. The van der Waals surface area contributed by atoms with Gasteiger partial charge in [-0.05, 0) is 75.9 Å². The van der Waals surface area contributed by atoms with Crippen molar-refractivity contribution in [3.05, 3.63) is 53.6 Å². The van der Waals surface area contributed by atoms with Crippen molar-refractivity contribution in [2.45, 2.75) is 18.2 Å². The minimum atomic E-state index is -3.30. The summed E-state index contributed by atoms with van der Waals surface area (Å²) in [5, 5.41) is 0.654. The van der Waals surface area contributed by atoms with E-state index in [-0.39, 0.29) is 23.2 Å². The number of hydrogen-bond donors (Lipinski definition) is 0. The number of anilines is 1. The second kappa shape index (κ2) is 9.87. The van der Waals surface area contributed by atoms with Crippen LogP contribution in [0.3, 0.4) is 0 Å². The van der Waals surface area contributed by atoms with Crippen LogP contribution in [0.5, 0.6) is 0 Å². The van der Waals surface area contributed by atoms with Gasteiger partial charge in [0.25, 0.3) is 5.91 Å². The van der Waals surface area contributed by atoms with Crippen molar-refractivity contribution in [1.82, 2.24) is 9.88 Å². The van der Waals surface area contributed by atoms with E-state index in [4.69, 9.17) is 0 Å². The van der Waals surface area contributed by atoms with E-state index in [1.807, 2.05) is 33.2 Å². The number of amides is 1. The number of rotatable bonds is 7. The van der Waals surface area contributed by atoms with Gasteiger partial charge in [-0.1, -0.05) is 17.4 Å². The van der Waals surface area contributed by atoms with Crippen LogP contribution >= 0.6 is 23.7 Å². The Balaban J connectivity index is 0.00000320. The summed E-state index contributed by atoms with van der Waals surface area (Å²) in [5.74, 6) is -0.181. The van der Waals surface area contributed by atoms with Gasteiger partial charge in [0.1, 0.15) is 0 Å². The van der Waals surface area contributed by atoms with Crippen LogP contribution in [0.4, 0.5) is 5.13 Å². The second-order valence-electron chi connectivity index (χ2n) is 7.38. The van der Waals surface area contributed by atoms with Gasteiger partial charge in [-0.3, -0.25) is 9.69 Å². The highest BCUT2D eigenvalue weighted by molar-refractivity contribution is 7.90. The number of thiazole rings is 1. The average Bonchev–Trinajstić information content (AvgIpc) is 3.06. The quantitative estimate of drug-likeness (QED) is 0.524. The molecule has 1 amide bonds. The predicted octanol–water partition coefficient (Wildman–Crippen LogP) is 4.03. The zero-order chi connectivity index (χ0) is 21.2. The number of halogens is 1. The Morgan fingerprint density at radius 3 is 2.33 bits per heavy atom. The molecule has 0 saturated carbocycles. The van der Waals surface area contributed by atoms with Gasteiger partial charge < -0.3 is 4.90 Å². The van der Waals surface area contributed by atoms with Gasteiger partial charge in [0.15, 0.2) is 15.0 Å². The molecule has 9 heteroatoms. The zero-order valence-electron chi connectivity index (χ0n) is 17.5. The summed E-state index contributed by atoms with van der Waals surface area (Å²) in [6.45, 7) is 3.41. The Morgan fingerprint density at radius 1 is 1.07 bits per heavy atom. The molecule has 0 bridgehead atoms. The first kappa shape index (κ1) is 24.3. The highest BCUT2D eigenvalue weighted by Gasteiger charge is 2.21. The third kappa shape index (κ3) is 5.78. The van der Waals surface area contributed by atoms with Crippen molar-refractivity contribution in [1.29, 1.82) is 0 Å². The minimum Gasteiger partial charge on any atom is -0.309 e. The highest BCUT2D eigenvalue weighted by Crippen LogP contribution is 2.30. The Hall–Kier alpha value is -2.00. The molecule has 2 aromatic carbocycles. The maximum Gasteiger partial charge on any atom is 0.260 e. The summed E-state index contributed by atoms with van der Waals surface area (Å²) in [4.78, 5) is 21.9. The van der Waals surface area contributed by atoms with E-state index in [9.17, 15) is 13.2 Å². The van der Waals surface area contributed by atoms with Gasteiger partial charge >= 0.3 is 0 Å². The molecule has 162 valence electrons. The van der Waals surface area contributed by atoms with Gasteiger partial charge in [0.2, 0.25) is 0 Å². The van der Waals surface area contributed by atoms with Gasteiger partial charge in [-0.2, -0.15) is 0 Å². The molecular weight excluding hydrogens is 442 g/mol. The fraction of sp³-hybridized carbons (Fsp3) is 0.333. The molecule has 1 heterocycles. The highest BCUT2D eigenvalue weighted by atomic mass is 35.5. The first-order valence-corrected chi connectivity index (χ1v) is 12.0. The molecule has 0 fully saturated rings. The standard InChI is InChI=1S/C21H25N3O3S2.ClH/c1-15-6-11-18-19(14-15)28-21(22-18)24(13-5-12-23(2)3)20(25)16-7-9-17(10-8-16)29(4,26)27;/h6-11,14H,5,12-13H2,1-4H3;1H. The number of benzene rings is 2. The van der Waals surface area contributed by atoms with Crippen molar-refractivity contribution in [3.63, 3.8) is 0 Å². The van der Waals surface area contributed by atoms with Gasteiger partial charge in [0.05, 0.1) is 15.1 Å². The molecule has 3 rings (SSSR count). The Morgan fingerprint density at radius 2 is 1.73 bits per heavy atom. The molecule has 1 aromatic heterocycles. The van der Waals surface area contributed by atoms with Crippen LogP contribution in [0.25, 0.3) is 10.2 Å². The Bertz CT molecular complexity index is 1130. The van der Waals surface area contributed by atoms with E-state index in [1.165, 1.54) is 23.5 Å². The average molecular weight is 468 g/mol. The third-order valence-electron chi connectivity index (χ3n) is 4.53. The largest absolute Gasteiger partial charge is 0.309 e. The lowest BCUT2D eigenvalue weighted by Gasteiger charge is -2.21. The van der Waals surface area contributed by atoms with Crippen LogP contribution in [-0.4, -0.2) is 57.6 Å². The summed E-state index contributed by atoms with van der Waals surface area (Å²) < 4.78 is 24.4. The summed E-state index contributed by atoms with van der Waals surface area (Å²) in [5.41, 5.74) is 2.46. The number of aryl methyl sites for hydroxylation is 1. The van der Waals surface area contributed by atoms with E-state index in [1.54, 1.807) is 17.0 Å². The lowest BCUT2D eigenvalue weighted by molar-refractivity contribution is 0.0986. The van der Waals surface area contributed by atoms with Crippen LogP contribution in [0, 0.1) is 6.92 Å². The van der Waals surface area contributed by atoms with Crippen molar-refractivity contribution < 1.29 is 13.2 Å². The molecule has 0 saturated heterocycles. The summed E-state index contributed by atoms with van der Waals surface area (Å²) in [6, 6.07) is 12.1. The molecule has 0 aliphatic rings. The third-order valence-corrected chi connectivity index (χ3v) is 6.69. The molecule has 3 aromatic rings. The molecule has 0 radical (unpaired) electrons. The molecule has 0 spiro atoms. The normalized spacial score (nSPS) is 11.5. The van der Waals surface area contributed by atoms with Crippen LogP contribution in [0.2, 0.25) is 0 Å². The minimum absolute atomic E-state index is 0. The van der Waals surface area contributed by atoms with Crippen LogP contribution in [0.15, 0.2) is 47.4 Å². The fourth-order valence-corrected chi connectivity index (χ4v) is 4.68. The SMILES string of the molecule is Cc1ccc2nc(N(CCCN(C)C)C(=O)c3ccc(S(C)(=O)=O)cc3)sc2c1.Cl. The van der Waals surface area contributed by atoms with Gasteiger partial charge in [0, 0.05) is 18.4 Å². The van der Waals surface area contributed by atoms with Crippen molar-refractivity contribution in [2.24, 2.45) is 0 Å². The van der Waals surface area contributed by atoms with Crippen LogP contribution in [-0.2, 0) is 9.84 Å². The monoisotopic (exact) mass is 467 g/mol. The Labute approximate surface area is 187 Å². The van der Waals surface area contributed by atoms with E-state index in [2.05, 4.69) is 16.0 Å². The smallest absolute Gasteiger partial charge is 0.260 e. The summed E-state index contributed by atoms with van der Waals surface area (Å²) in [7, 11) is 0.690. The maximum absolute atomic E-state index is 13.3. The number of hydrogen-bond acceptors (Lipinski definition) is 6. The van der Waals surface area contributed by atoms with Crippen molar-refractivity contribution >= 4 is 54.8 Å². The molecule has 0 aliphatic carbocycles. The second-order valence-corrected chi connectivity index (χ2v) is 10.4. The van der Waals surface area contributed by atoms with Crippen LogP contribution < -0.4 is 4.90 Å². The lowest BCUT2D eigenvalue weighted by atomic mass is 10.2. The van der Waals surface area contributed by atoms with E-state index in [0.29, 0.717) is 17.2 Å². The van der Waals surface area contributed by atoms with E-state index < -0.39 is 9.84 Å². The summed E-state index contributed by atoms with van der Waals surface area (Å²) in [6.07, 6.45) is 1.95. The molecule has 6 nitrogen and oxygen atoms in total. The predicted molar refractivity (Wildman–Crippen MR) is 126 cm³/mol. The maximum atomic E-state index is 13.3. The van der Waals surface area contributed by atoms with Gasteiger partial charge in [-0.15, -0.1) is 12.4 Å². The van der Waals surface area contributed by atoms with Gasteiger partial charge in [-0.25, -0.2) is 13.4 Å². The zero-order valence-corrected chi connectivity index (χ0v) is 19.9. The molecule has 0 aliphatic heterocycles. The molecule has 0 N–H and O–H groups in total. The van der Waals surface area contributed by atoms with E-state index >= 15 is 0 Å². The number of aromatic nitrogens is 1. The fourth-order valence-electron chi connectivity index (χ4n) is 2.96. The number of fused-ring (bicyclic) bond motifs is 1. The molecule has 30 heavy (non-hydrogen) atoms. The molecular formula is C21H26ClN3O3S2. The lowest BCUT2D eigenvalue weighted by Crippen LogP contribution is -2.33. The topological polar surface area (TPSA) is 70.6 Å². The van der Waals surface area contributed by atoms with E-state index in [0.717, 1.165) is 35.0 Å². The summed E-state index contributed by atoms with van der Waals surface area (Å²) >= 11 is 1.49. The number of carbonyl (C=O) groups excluding carboxylic acids is 1. The first-order chi connectivity index (χ1) is 13.6. The number of nitrogens with zero attached hydrogens (tertiary/aromatic N) is 3. The molecule has 0 unspecified atom stereocenters. The number of carbonyl (C=O) groups is 1. The Kier molecular flexibility index (Phi) is 7.99. The van der Waals surface area contributed by atoms with Crippen molar-refractivity contribution in [3.8, 4) is 0 Å². The van der Waals surface area contributed by atoms with Crippen molar-refractivity contribution in [2.75, 3.05) is 38.3 Å². The number of sulfone groups is 1. The van der Waals surface area contributed by atoms with Crippen LogP contribution in [0.1, 0.15) is 22.3 Å².